The summed E-state index contributed by atoms with van der Waals surface area (Å²) in [4.78, 5) is 0. The van der Waals surface area contributed by atoms with Crippen LogP contribution in [0.4, 0.5) is 13.2 Å². The summed E-state index contributed by atoms with van der Waals surface area (Å²) in [7, 11) is 0. The van der Waals surface area contributed by atoms with E-state index in [2.05, 4.69) is 20.4 Å². The maximum Gasteiger partial charge on any atom is 0.417 e. The van der Waals surface area contributed by atoms with Crippen molar-refractivity contribution in [2.75, 3.05) is 0 Å². The third kappa shape index (κ3) is 3.76. The van der Waals surface area contributed by atoms with Gasteiger partial charge in [0.25, 0.3) is 0 Å². The molecule has 0 saturated heterocycles. The first-order valence-electron chi connectivity index (χ1n) is 7.53. The van der Waals surface area contributed by atoms with Crippen molar-refractivity contribution in [3.8, 4) is 11.5 Å². The Morgan fingerprint density at radius 1 is 1.00 bits per heavy atom. The summed E-state index contributed by atoms with van der Waals surface area (Å²) < 4.78 is 45.5. The number of hydrogen-bond acceptors (Lipinski definition) is 6. The van der Waals surface area contributed by atoms with Crippen LogP contribution in [-0.4, -0.2) is 24.8 Å². The van der Waals surface area contributed by atoms with Crippen LogP contribution in [0.25, 0.3) is 17.1 Å². The monoisotopic (exact) mass is 411 g/mol. The fraction of sp³-hybridized carbons (Fsp3) is 0.125. The van der Waals surface area contributed by atoms with Crippen LogP contribution in [0.3, 0.4) is 0 Å². The van der Waals surface area contributed by atoms with Crippen molar-refractivity contribution in [1.82, 2.24) is 24.8 Å². The number of nitrogens with zero attached hydrogens (tertiary/aromatic N) is 5. The third-order valence-corrected chi connectivity index (χ3v) is 4.76. The van der Waals surface area contributed by atoms with Crippen molar-refractivity contribution in [2.45, 2.75) is 17.1 Å². The van der Waals surface area contributed by atoms with Crippen LogP contribution < -0.4 is 0 Å². The fourth-order valence-corrected chi connectivity index (χ4v) is 3.16. The zero-order chi connectivity index (χ0) is 19.0. The molecule has 0 aliphatic rings. The summed E-state index contributed by atoms with van der Waals surface area (Å²) in [5.41, 5.74) is 0.253. The highest BCUT2D eigenvalue weighted by molar-refractivity contribution is 7.98. The Morgan fingerprint density at radius 3 is 2.52 bits per heavy atom. The molecule has 27 heavy (non-hydrogen) atoms. The summed E-state index contributed by atoms with van der Waals surface area (Å²) in [5, 5.41) is 16.6. The molecule has 0 unspecified atom stereocenters. The van der Waals surface area contributed by atoms with E-state index in [0.717, 1.165) is 24.0 Å². The Kier molecular flexibility index (Phi) is 4.52. The maximum absolute atomic E-state index is 12.9. The quantitative estimate of drug-likeness (QED) is 0.452. The molecule has 3 heterocycles. The first kappa shape index (κ1) is 17.8. The van der Waals surface area contributed by atoms with Crippen molar-refractivity contribution in [1.29, 1.82) is 0 Å². The summed E-state index contributed by atoms with van der Waals surface area (Å²) in [5.74, 6) is 0.874. The molecular weight excluding hydrogens is 403 g/mol. The van der Waals surface area contributed by atoms with E-state index in [1.807, 2.05) is 0 Å². The number of alkyl halides is 3. The number of benzene rings is 1. The van der Waals surface area contributed by atoms with Crippen LogP contribution in [0, 0.1) is 0 Å². The first-order chi connectivity index (χ1) is 12.9. The van der Waals surface area contributed by atoms with Crippen molar-refractivity contribution in [3.05, 3.63) is 59.1 Å². The summed E-state index contributed by atoms with van der Waals surface area (Å²) in [6.45, 7) is 0. The third-order valence-electron chi connectivity index (χ3n) is 3.58. The van der Waals surface area contributed by atoms with E-state index in [1.165, 1.54) is 10.5 Å². The van der Waals surface area contributed by atoms with Gasteiger partial charge >= 0.3 is 6.18 Å². The Hall–Kier alpha value is -2.59. The average molecular weight is 412 g/mol. The van der Waals surface area contributed by atoms with Gasteiger partial charge in [-0.15, -0.1) is 20.4 Å². The number of hydrogen-bond donors (Lipinski definition) is 0. The van der Waals surface area contributed by atoms with Crippen molar-refractivity contribution >= 4 is 29.0 Å². The molecule has 0 radical (unpaired) electrons. The molecule has 4 aromatic rings. The van der Waals surface area contributed by atoms with E-state index in [4.69, 9.17) is 16.0 Å². The summed E-state index contributed by atoms with van der Waals surface area (Å²) >= 11 is 6.99. The number of thioether (sulfide) groups is 1. The zero-order valence-electron chi connectivity index (χ0n) is 13.3. The Labute approximate surface area is 159 Å². The number of halogens is 4. The lowest BCUT2D eigenvalue weighted by molar-refractivity contribution is -0.137. The van der Waals surface area contributed by atoms with Crippen molar-refractivity contribution < 1.29 is 17.6 Å². The van der Waals surface area contributed by atoms with E-state index >= 15 is 0 Å². The fourth-order valence-electron chi connectivity index (χ4n) is 2.28. The van der Waals surface area contributed by atoms with Crippen LogP contribution in [0.5, 0.6) is 0 Å². The van der Waals surface area contributed by atoms with Crippen LogP contribution in [0.15, 0.2) is 52.2 Å². The Bertz CT molecular complexity index is 1090. The van der Waals surface area contributed by atoms with E-state index in [-0.39, 0.29) is 5.75 Å². The van der Waals surface area contributed by atoms with Crippen LogP contribution in [0.2, 0.25) is 5.02 Å². The molecule has 138 valence electrons. The van der Waals surface area contributed by atoms with Gasteiger partial charge in [-0.05, 0) is 36.4 Å². The Balaban J connectivity index is 1.53. The minimum atomic E-state index is -4.44. The van der Waals surface area contributed by atoms with Gasteiger partial charge in [0.15, 0.2) is 10.8 Å². The normalized spacial score (nSPS) is 12.0. The molecule has 0 amide bonds. The van der Waals surface area contributed by atoms with Gasteiger partial charge in [-0.2, -0.15) is 13.2 Å². The van der Waals surface area contributed by atoms with Crippen LogP contribution >= 0.6 is 23.4 Å². The van der Waals surface area contributed by atoms with Gasteiger partial charge in [-0.1, -0.05) is 23.4 Å². The van der Waals surface area contributed by atoms with Crippen molar-refractivity contribution in [2.24, 2.45) is 0 Å². The molecule has 6 nitrogen and oxygen atoms in total. The molecule has 0 bridgehead atoms. The highest BCUT2D eigenvalue weighted by Crippen LogP contribution is 2.31. The summed E-state index contributed by atoms with van der Waals surface area (Å²) in [6, 6.07) is 9.14. The lowest BCUT2D eigenvalue weighted by atomic mass is 10.2. The smallest absolute Gasteiger partial charge is 0.417 e. The molecular formula is C16H9ClF3N5OS. The molecule has 0 atom stereocenters. The maximum atomic E-state index is 12.9. The number of pyridine rings is 1. The molecule has 0 spiro atoms. The van der Waals surface area contributed by atoms with Crippen molar-refractivity contribution in [3.63, 3.8) is 0 Å². The van der Waals surface area contributed by atoms with E-state index in [9.17, 15) is 13.2 Å². The number of rotatable bonds is 4. The first-order valence-corrected chi connectivity index (χ1v) is 8.89. The molecule has 0 saturated carbocycles. The largest absolute Gasteiger partial charge is 0.420 e. The van der Waals surface area contributed by atoms with Gasteiger partial charge in [-0.25, -0.2) is 0 Å². The molecule has 0 fully saturated rings. The zero-order valence-corrected chi connectivity index (χ0v) is 14.9. The van der Waals surface area contributed by atoms with Crippen LogP contribution in [-0.2, 0) is 11.9 Å². The lowest BCUT2D eigenvalue weighted by Gasteiger charge is -2.06. The molecule has 11 heteroatoms. The van der Waals surface area contributed by atoms with Gasteiger partial charge in [0.1, 0.15) is 0 Å². The molecule has 4 rings (SSSR count). The van der Waals surface area contributed by atoms with Gasteiger partial charge in [0, 0.05) is 16.8 Å². The molecule has 0 aliphatic carbocycles. The van der Waals surface area contributed by atoms with Gasteiger partial charge < -0.3 is 4.42 Å². The van der Waals surface area contributed by atoms with E-state index in [1.54, 1.807) is 24.3 Å². The topological polar surface area (TPSA) is 69.1 Å². The molecule has 0 N–H and O–H groups in total. The van der Waals surface area contributed by atoms with Crippen LogP contribution in [0.1, 0.15) is 11.5 Å². The number of fused-ring (bicyclic) bond motifs is 1. The predicted octanol–water partition coefficient (Wildman–Crippen LogP) is 4.74. The second-order valence-electron chi connectivity index (χ2n) is 5.42. The van der Waals surface area contributed by atoms with E-state index in [0.29, 0.717) is 33.2 Å². The number of aromatic nitrogens is 5. The molecule has 1 aromatic carbocycles. The lowest BCUT2D eigenvalue weighted by Crippen LogP contribution is -2.06. The molecule has 3 aromatic heterocycles. The van der Waals surface area contributed by atoms with E-state index < -0.39 is 11.7 Å². The van der Waals surface area contributed by atoms with Gasteiger partial charge in [0.2, 0.25) is 11.8 Å². The minimum Gasteiger partial charge on any atom is -0.420 e. The highest BCUT2D eigenvalue weighted by atomic mass is 35.5. The Morgan fingerprint density at radius 2 is 1.78 bits per heavy atom. The van der Waals surface area contributed by atoms with Gasteiger partial charge in [0.05, 0.1) is 11.3 Å². The highest BCUT2D eigenvalue weighted by Gasteiger charge is 2.31. The minimum absolute atomic E-state index is 0.234. The predicted molar refractivity (Wildman–Crippen MR) is 92.3 cm³/mol. The SMILES string of the molecule is FC(F)(F)c1ccc2nnc(SCc3nnc(-c4ccc(Cl)cc4)o3)n2c1. The standard InChI is InChI=1S/C16H9ClF3N5OS/c17-11-4-1-9(2-5-11)14-23-22-13(26-14)8-27-15-24-21-12-6-3-10(7-25(12)15)16(18,19)20/h1-7H,8H2. The summed E-state index contributed by atoms with van der Waals surface area (Å²) in [6.07, 6.45) is -3.48. The second-order valence-corrected chi connectivity index (χ2v) is 6.80. The second kappa shape index (κ2) is 6.86. The van der Waals surface area contributed by atoms with Gasteiger partial charge in [-0.3, -0.25) is 4.40 Å². The average Bonchev–Trinajstić information content (AvgIpc) is 3.26. The molecule has 0 aliphatic heterocycles.